The predicted octanol–water partition coefficient (Wildman–Crippen LogP) is 3.10. The van der Waals surface area contributed by atoms with E-state index in [-0.39, 0.29) is 11.5 Å². The third-order valence-corrected chi connectivity index (χ3v) is 5.60. The van der Waals surface area contributed by atoms with Crippen LogP contribution in [0.3, 0.4) is 0 Å². The third-order valence-electron chi connectivity index (χ3n) is 4.40. The van der Waals surface area contributed by atoms with Gasteiger partial charge < -0.3 is 14.9 Å². The predicted molar refractivity (Wildman–Crippen MR) is 105 cm³/mol. The van der Waals surface area contributed by atoms with Crippen LogP contribution in [-0.2, 0) is 6.54 Å². The van der Waals surface area contributed by atoms with Gasteiger partial charge in [0.2, 0.25) is 0 Å². The van der Waals surface area contributed by atoms with Gasteiger partial charge in [-0.2, -0.15) is 0 Å². The molecule has 27 heavy (non-hydrogen) atoms. The number of rotatable bonds is 4. The van der Waals surface area contributed by atoms with E-state index in [1.54, 1.807) is 13.1 Å². The van der Waals surface area contributed by atoms with Gasteiger partial charge in [0.05, 0.1) is 16.6 Å². The minimum Gasteiger partial charge on any atom is -0.331 e. The number of aromatic amines is 1. The first-order chi connectivity index (χ1) is 13.0. The second-order valence-electron chi connectivity index (χ2n) is 6.22. The molecule has 0 saturated carbocycles. The van der Waals surface area contributed by atoms with Gasteiger partial charge >= 0.3 is 0 Å². The molecule has 0 bridgehead atoms. The Balaban J connectivity index is 1.59. The summed E-state index contributed by atoms with van der Waals surface area (Å²) in [6.45, 7) is 4.39. The number of carbonyl (C=O) groups excluding carboxylic acids is 1. The number of imidazole rings is 1. The zero-order valence-corrected chi connectivity index (χ0v) is 15.6. The van der Waals surface area contributed by atoms with Crippen LogP contribution in [0.15, 0.2) is 47.8 Å². The number of fused-ring (bicyclic) bond motifs is 1. The lowest BCUT2D eigenvalue weighted by Gasteiger charge is -2.09. The van der Waals surface area contributed by atoms with E-state index in [1.807, 2.05) is 42.0 Å². The van der Waals surface area contributed by atoms with Crippen molar-refractivity contribution in [1.82, 2.24) is 19.5 Å². The van der Waals surface area contributed by atoms with Crippen LogP contribution in [0.5, 0.6) is 0 Å². The summed E-state index contributed by atoms with van der Waals surface area (Å²) in [4.78, 5) is 36.7. The maximum absolute atomic E-state index is 12.7. The Bertz CT molecular complexity index is 1200. The monoisotopic (exact) mass is 379 g/mol. The van der Waals surface area contributed by atoms with E-state index < -0.39 is 0 Å². The first kappa shape index (κ1) is 17.2. The molecule has 0 spiro atoms. The van der Waals surface area contributed by atoms with Crippen LogP contribution in [0.25, 0.3) is 10.2 Å². The number of anilines is 1. The number of benzene rings is 1. The molecule has 1 amide bonds. The van der Waals surface area contributed by atoms with Gasteiger partial charge in [0.25, 0.3) is 11.5 Å². The highest BCUT2D eigenvalue weighted by Gasteiger charge is 2.18. The molecule has 0 radical (unpaired) electrons. The van der Waals surface area contributed by atoms with Crippen LogP contribution in [0.4, 0.5) is 5.69 Å². The molecule has 0 atom stereocenters. The smallest absolute Gasteiger partial charge is 0.266 e. The average Bonchev–Trinajstić information content (AvgIpc) is 3.19. The van der Waals surface area contributed by atoms with Crippen molar-refractivity contribution in [2.75, 3.05) is 5.32 Å². The molecular formula is C19H17N5O2S. The van der Waals surface area contributed by atoms with Crippen LogP contribution in [-0.4, -0.2) is 25.4 Å². The minimum absolute atomic E-state index is 0.231. The summed E-state index contributed by atoms with van der Waals surface area (Å²) in [5, 5.41) is 3.39. The van der Waals surface area contributed by atoms with Gasteiger partial charge in [-0.15, -0.1) is 11.3 Å². The van der Waals surface area contributed by atoms with E-state index in [4.69, 9.17) is 0 Å². The summed E-state index contributed by atoms with van der Waals surface area (Å²) in [5.74, 6) is 0.689. The quantitative estimate of drug-likeness (QED) is 0.570. The molecule has 0 saturated heterocycles. The van der Waals surface area contributed by atoms with Crippen molar-refractivity contribution < 1.29 is 4.79 Å². The van der Waals surface area contributed by atoms with Gasteiger partial charge in [0, 0.05) is 24.6 Å². The van der Waals surface area contributed by atoms with Crippen LogP contribution in [0, 0.1) is 13.8 Å². The number of nitrogens with zero attached hydrogens (tertiary/aromatic N) is 3. The number of nitrogens with one attached hydrogen (secondary N) is 2. The number of carbonyl (C=O) groups is 1. The molecular weight excluding hydrogens is 362 g/mol. The largest absolute Gasteiger partial charge is 0.331 e. The Hall–Kier alpha value is -3.26. The SMILES string of the molecule is Cc1c(C(=O)Nc2cccc(Cn3ccnc3C)c2)sc2nc[nH]c(=O)c12. The fourth-order valence-electron chi connectivity index (χ4n) is 3.00. The van der Waals surface area contributed by atoms with Crippen molar-refractivity contribution in [2.24, 2.45) is 0 Å². The minimum atomic E-state index is -0.245. The van der Waals surface area contributed by atoms with Crippen LogP contribution < -0.4 is 10.9 Å². The second kappa shape index (κ2) is 6.81. The topological polar surface area (TPSA) is 92.7 Å². The molecule has 136 valence electrons. The number of aromatic nitrogens is 4. The Morgan fingerprint density at radius 1 is 1.30 bits per heavy atom. The van der Waals surface area contributed by atoms with E-state index in [9.17, 15) is 9.59 Å². The summed E-state index contributed by atoms with van der Waals surface area (Å²) in [6, 6.07) is 7.69. The molecule has 4 aromatic rings. The van der Waals surface area contributed by atoms with Gasteiger partial charge in [-0.3, -0.25) is 9.59 Å². The first-order valence-corrected chi connectivity index (χ1v) is 9.19. The first-order valence-electron chi connectivity index (χ1n) is 8.38. The van der Waals surface area contributed by atoms with Gasteiger partial charge in [0.1, 0.15) is 10.7 Å². The number of H-pyrrole nitrogens is 1. The number of hydrogen-bond acceptors (Lipinski definition) is 5. The lowest BCUT2D eigenvalue weighted by Crippen LogP contribution is -2.12. The number of hydrogen-bond donors (Lipinski definition) is 2. The molecule has 8 heteroatoms. The fraction of sp³-hybridized carbons (Fsp3) is 0.158. The van der Waals surface area contributed by atoms with Crippen molar-refractivity contribution >= 4 is 33.1 Å². The van der Waals surface area contributed by atoms with E-state index in [0.717, 1.165) is 11.4 Å². The average molecular weight is 379 g/mol. The Kier molecular flexibility index (Phi) is 4.33. The molecule has 0 aliphatic heterocycles. The van der Waals surface area contributed by atoms with Gasteiger partial charge in [-0.1, -0.05) is 12.1 Å². The van der Waals surface area contributed by atoms with Crippen molar-refractivity contribution in [3.63, 3.8) is 0 Å². The Labute approximate surface area is 158 Å². The van der Waals surface area contributed by atoms with E-state index in [2.05, 4.69) is 20.3 Å². The van der Waals surface area contributed by atoms with Crippen LogP contribution in [0.2, 0.25) is 0 Å². The third kappa shape index (κ3) is 3.26. The van der Waals surface area contributed by atoms with E-state index in [0.29, 0.717) is 32.9 Å². The summed E-state index contributed by atoms with van der Waals surface area (Å²) >= 11 is 1.22. The van der Waals surface area contributed by atoms with E-state index in [1.165, 1.54) is 17.7 Å². The lowest BCUT2D eigenvalue weighted by molar-refractivity contribution is 0.103. The highest BCUT2D eigenvalue weighted by molar-refractivity contribution is 7.20. The van der Waals surface area contributed by atoms with Crippen LogP contribution >= 0.6 is 11.3 Å². The van der Waals surface area contributed by atoms with Crippen molar-refractivity contribution in [1.29, 1.82) is 0 Å². The maximum atomic E-state index is 12.7. The molecule has 0 aliphatic rings. The number of amides is 1. The van der Waals surface area contributed by atoms with Gasteiger partial charge in [-0.05, 0) is 37.1 Å². The molecule has 3 heterocycles. The summed E-state index contributed by atoms with van der Waals surface area (Å²) in [5.41, 5.74) is 2.17. The standard InChI is InChI=1S/C19H17N5O2S/c1-11-15-17(25)21-10-22-19(15)27-16(11)18(26)23-14-5-3-4-13(8-14)9-24-7-6-20-12(24)2/h3-8,10H,9H2,1-2H3,(H,23,26)(H,21,22,25). The molecule has 7 nitrogen and oxygen atoms in total. The molecule has 3 aromatic heterocycles. The Morgan fingerprint density at radius 2 is 2.15 bits per heavy atom. The summed E-state index contributed by atoms with van der Waals surface area (Å²) < 4.78 is 2.04. The highest BCUT2D eigenvalue weighted by atomic mass is 32.1. The summed E-state index contributed by atoms with van der Waals surface area (Å²) in [7, 11) is 0. The lowest BCUT2D eigenvalue weighted by atomic mass is 10.2. The van der Waals surface area contributed by atoms with E-state index >= 15 is 0 Å². The second-order valence-corrected chi connectivity index (χ2v) is 7.22. The molecule has 1 aromatic carbocycles. The Morgan fingerprint density at radius 3 is 2.89 bits per heavy atom. The highest BCUT2D eigenvalue weighted by Crippen LogP contribution is 2.27. The normalized spacial score (nSPS) is 11.0. The molecule has 4 rings (SSSR count). The molecule has 0 aliphatic carbocycles. The fourth-order valence-corrected chi connectivity index (χ4v) is 4.04. The zero-order chi connectivity index (χ0) is 19.0. The van der Waals surface area contributed by atoms with Crippen molar-refractivity contribution in [2.45, 2.75) is 20.4 Å². The van der Waals surface area contributed by atoms with Crippen molar-refractivity contribution in [3.8, 4) is 0 Å². The van der Waals surface area contributed by atoms with Crippen molar-refractivity contribution in [3.05, 3.63) is 75.2 Å². The summed E-state index contributed by atoms with van der Waals surface area (Å²) in [6.07, 6.45) is 5.04. The molecule has 0 unspecified atom stereocenters. The number of thiophene rings is 1. The molecule has 0 fully saturated rings. The van der Waals surface area contributed by atoms with Gasteiger partial charge in [0.15, 0.2) is 0 Å². The van der Waals surface area contributed by atoms with Crippen LogP contribution in [0.1, 0.15) is 26.6 Å². The maximum Gasteiger partial charge on any atom is 0.266 e. The number of aryl methyl sites for hydroxylation is 2. The van der Waals surface area contributed by atoms with Gasteiger partial charge in [-0.25, -0.2) is 9.97 Å². The zero-order valence-electron chi connectivity index (χ0n) is 14.8. The molecule has 2 N–H and O–H groups in total.